The maximum absolute atomic E-state index is 14.0. The molecule has 0 aliphatic carbocycles. The summed E-state index contributed by atoms with van der Waals surface area (Å²) in [5.74, 6) is 0.0990. The lowest BCUT2D eigenvalue weighted by Gasteiger charge is -2.32. The molecule has 0 radical (unpaired) electrons. The molecule has 36 heavy (non-hydrogen) atoms. The Morgan fingerprint density at radius 3 is 2.72 bits per heavy atom. The zero-order valence-corrected chi connectivity index (χ0v) is 21.5. The highest BCUT2D eigenvalue weighted by atomic mass is 35.5. The van der Waals surface area contributed by atoms with Gasteiger partial charge in [0.25, 0.3) is 0 Å². The van der Waals surface area contributed by atoms with Gasteiger partial charge in [0.05, 0.1) is 17.3 Å². The fraction of sp³-hybridized carbons (Fsp3) is 0.400. The molecule has 1 amide bonds. The zero-order valence-electron chi connectivity index (χ0n) is 20.0. The van der Waals surface area contributed by atoms with Crippen LogP contribution in [0.3, 0.4) is 0 Å². The highest BCUT2D eigenvalue weighted by Crippen LogP contribution is 2.37. The first kappa shape index (κ1) is 26.2. The Hall–Kier alpha value is -2.88. The van der Waals surface area contributed by atoms with Gasteiger partial charge >= 0.3 is 0 Å². The Morgan fingerprint density at radius 2 is 2.00 bits per heavy atom. The zero-order chi connectivity index (χ0) is 25.8. The highest BCUT2D eigenvalue weighted by Gasteiger charge is 2.24. The van der Waals surface area contributed by atoms with E-state index in [-0.39, 0.29) is 22.8 Å². The second-order valence-electron chi connectivity index (χ2n) is 8.84. The van der Waals surface area contributed by atoms with E-state index < -0.39 is 11.9 Å². The molecule has 4 rings (SSSR count). The van der Waals surface area contributed by atoms with Crippen LogP contribution in [0.2, 0.25) is 10.0 Å². The second-order valence-corrected chi connectivity index (χ2v) is 9.62. The number of carbonyl (C=O) groups excluding carboxylic acids is 1. The Bertz CT molecular complexity index is 1230. The molecule has 1 aliphatic rings. The number of piperidine rings is 1. The average molecular weight is 535 g/mol. The van der Waals surface area contributed by atoms with Crippen LogP contribution < -0.4 is 16.2 Å². The van der Waals surface area contributed by atoms with Crippen LogP contribution in [0.5, 0.6) is 5.75 Å². The predicted molar refractivity (Wildman–Crippen MR) is 138 cm³/mol. The van der Waals surface area contributed by atoms with E-state index in [9.17, 15) is 9.18 Å². The number of aromatic nitrogens is 3. The maximum Gasteiger partial charge on any atom is 0.222 e. The number of nitrogen functional groups attached to an aromatic ring is 1. The van der Waals surface area contributed by atoms with Crippen LogP contribution in [-0.4, -0.2) is 45.2 Å². The SMILES string of the molecule is CC(Oc1cc(-c2cnn(C3CCN(C(=O)CCCN)CC3)c2)cnc1N)c1c(Cl)ccc(F)c1Cl. The fourth-order valence-corrected chi connectivity index (χ4v) is 5.03. The van der Waals surface area contributed by atoms with Gasteiger partial charge in [-0.2, -0.15) is 5.10 Å². The first-order valence-corrected chi connectivity index (χ1v) is 12.6. The van der Waals surface area contributed by atoms with Crippen LogP contribution in [-0.2, 0) is 4.79 Å². The number of nitrogens with two attached hydrogens (primary N) is 2. The van der Waals surface area contributed by atoms with Crippen molar-refractivity contribution in [2.24, 2.45) is 5.73 Å². The maximum atomic E-state index is 14.0. The largest absolute Gasteiger partial charge is 0.482 e. The highest BCUT2D eigenvalue weighted by molar-refractivity contribution is 6.36. The van der Waals surface area contributed by atoms with E-state index in [1.807, 2.05) is 15.8 Å². The standard InChI is InChI=1S/C25H29Cl2FN6O2/c1-15(23-19(26)4-5-20(28)24(23)27)36-21-11-16(12-31-25(21)30)17-13-32-34(14-17)18-6-9-33(10-7-18)22(35)3-2-8-29/h4-5,11-15,18H,2-3,6-10,29H2,1H3,(H2,30,31). The van der Waals surface area contributed by atoms with Gasteiger partial charge in [-0.3, -0.25) is 9.48 Å². The number of anilines is 1. The number of nitrogens with zero attached hydrogens (tertiary/aromatic N) is 4. The van der Waals surface area contributed by atoms with Crippen molar-refractivity contribution in [3.05, 3.63) is 58.2 Å². The van der Waals surface area contributed by atoms with E-state index >= 15 is 0 Å². The summed E-state index contributed by atoms with van der Waals surface area (Å²) in [7, 11) is 0. The van der Waals surface area contributed by atoms with Crippen LogP contribution in [0.1, 0.15) is 50.3 Å². The van der Waals surface area contributed by atoms with E-state index in [1.165, 1.54) is 12.1 Å². The quantitative estimate of drug-likeness (QED) is 0.392. The Kier molecular flexibility index (Phi) is 8.33. The summed E-state index contributed by atoms with van der Waals surface area (Å²) >= 11 is 12.4. The van der Waals surface area contributed by atoms with Gasteiger partial charge in [-0.1, -0.05) is 23.2 Å². The molecule has 0 bridgehead atoms. The molecule has 3 aromatic rings. The monoisotopic (exact) mass is 534 g/mol. The average Bonchev–Trinajstić information content (AvgIpc) is 3.37. The number of pyridine rings is 1. The van der Waals surface area contributed by atoms with Gasteiger partial charge in [-0.15, -0.1) is 0 Å². The number of rotatable bonds is 8. The number of benzene rings is 1. The van der Waals surface area contributed by atoms with Gasteiger partial charge in [-0.05, 0) is 50.9 Å². The second kappa shape index (κ2) is 11.5. The minimum atomic E-state index is -0.666. The first-order valence-electron chi connectivity index (χ1n) is 11.9. The molecular weight excluding hydrogens is 506 g/mol. The fourth-order valence-electron chi connectivity index (χ4n) is 4.35. The van der Waals surface area contributed by atoms with E-state index in [4.69, 9.17) is 39.4 Å². The molecule has 1 saturated heterocycles. The van der Waals surface area contributed by atoms with Gasteiger partial charge in [0.15, 0.2) is 11.6 Å². The van der Waals surface area contributed by atoms with Crippen molar-refractivity contribution < 1.29 is 13.9 Å². The number of carbonyl (C=O) groups is 1. The van der Waals surface area contributed by atoms with E-state index in [1.54, 1.807) is 25.4 Å². The number of ether oxygens (including phenoxy) is 1. The Morgan fingerprint density at radius 1 is 1.25 bits per heavy atom. The van der Waals surface area contributed by atoms with Gasteiger partial charge in [-0.25, -0.2) is 9.37 Å². The van der Waals surface area contributed by atoms with Crippen LogP contribution in [0.25, 0.3) is 11.1 Å². The molecule has 1 fully saturated rings. The molecule has 11 heteroatoms. The molecule has 1 atom stereocenters. The smallest absolute Gasteiger partial charge is 0.222 e. The van der Waals surface area contributed by atoms with Crippen LogP contribution in [0, 0.1) is 5.82 Å². The van der Waals surface area contributed by atoms with Gasteiger partial charge in [0, 0.05) is 53.6 Å². The summed E-state index contributed by atoms with van der Waals surface area (Å²) in [6.45, 7) is 3.64. The third-order valence-corrected chi connectivity index (χ3v) is 7.11. The van der Waals surface area contributed by atoms with Crippen LogP contribution in [0.15, 0.2) is 36.8 Å². The minimum Gasteiger partial charge on any atom is -0.482 e. The molecule has 8 nitrogen and oxygen atoms in total. The summed E-state index contributed by atoms with van der Waals surface area (Å²) in [5.41, 5.74) is 13.5. The number of likely N-dealkylation sites (tertiary alicyclic amines) is 1. The van der Waals surface area contributed by atoms with Crippen molar-refractivity contribution in [1.29, 1.82) is 0 Å². The Balaban J connectivity index is 1.46. The van der Waals surface area contributed by atoms with E-state index in [0.29, 0.717) is 48.8 Å². The summed E-state index contributed by atoms with van der Waals surface area (Å²) in [6, 6.07) is 4.61. The number of hydrogen-bond donors (Lipinski definition) is 2. The summed E-state index contributed by atoms with van der Waals surface area (Å²) in [5, 5.41) is 4.75. The normalized spacial score (nSPS) is 15.2. The number of halogens is 3. The third-order valence-electron chi connectivity index (χ3n) is 6.39. The molecule has 3 heterocycles. The van der Waals surface area contributed by atoms with Crippen molar-refractivity contribution in [3.63, 3.8) is 0 Å². The molecule has 2 aromatic heterocycles. The lowest BCUT2D eigenvalue weighted by atomic mass is 10.0. The molecule has 1 aliphatic heterocycles. The molecule has 1 aromatic carbocycles. The predicted octanol–water partition coefficient (Wildman–Crippen LogP) is 5.02. The van der Waals surface area contributed by atoms with E-state index in [0.717, 1.165) is 24.0 Å². The molecule has 1 unspecified atom stereocenters. The van der Waals surface area contributed by atoms with Crippen molar-refractivity contribution in [1.82, 2.24) is 19.7 Å². The molecular formula is C25H29Cl2FN6O2. The minimum absolute atomic E-state index is 0.0916. The molecule has 192 valence electrons. The lowest BCUT2D eigenvalue weighted by Crippen LogP contribution is -2.39. The van der Waals surface area contributed by atoms with Gasteiger partial charge in [0.1, 0.15) is 11.9 Å². The molecule has 0 spiro atoms. The summed E-state index contributed by atoms with van der Waals surface area (Å²) in [4.78, 5) is 18.4. The topological polar surface area (TPSA) is 112 Å². The number of hydrogen-bond acceptors (Lipinski definition) is 6. The van der Waals surface area contributed by atoms with Gasteiger partial charge in [0.2, 0.25) is 5.91 Å². The van der Waals surface area contributed by atoms with Crippen molar-refractivity contribution in [2.45, 2.75) is 44.8 Å². The Labute approximate surface area is 219 Å². The van der Waals surface area contributed by atoms with Crippen molar-refractivity contribution in [3.8, 4) is 16.9 Å². The van der Waals surface area contributed by atoms with Crippen LogP contribution >= 0.6 is 23.2 Å². The first-order chi connectivity index (χ1) is 17.3. The summed E-state index contributed by atoms with van der Waals surface area (Å²) in [6.07, 6.45) is 7.57. The summed E-state index contributed by atoms with van der Waals surface area (Å²) < 4.78 is 21.9. The van der Waals surface area contributed by atoms with Crippen molar-refractivity contribution in [2.75, 3.05) is 25.4 Å². The third kappa shape index (κ3) is 5.74. The number of amides is 1. The lowest BCUT2D eigenvalue weighted by molar-refractivity contribution is -0.132. The molecule has 0 saturated carbocycles. The van der Waals surface area contributed by atoms with Gasteiger partial charge < -0.3 is 21.1 Å². The van der Waals surface area contributed by atoms with Crippen molar-refractivity contribution >= 4 is 34.9 Å². The van der Waals surface area contributed by atoms with Crippen LogP contribution in [0.4, 0.5) is 10.2 Å². The van der Waals surface area contributed by atoms with E-state index in [2.05, 4.69) is 10.1 Å². The molecule has 4 N–H and O–H groups in total.